The summed E-state index contributed by atoms with van der Waals surface area (Å²) in [5.41, 5.74) is 0.734. The van der Waals surface area contributed by atoms with Gasteiger partial charge in [0.05, 0.1) is 0 Å². The molecule has 2 fully saturated rings. The number of nitrogens with zero attached hydrogens (tertiary/aromatic N) is 1. The molecule has 1 N–H and O–H groups in total. The minimum Gasteiger partial charge on any atom is -0.308 e. The Kier molecular flexibility index (Phi) is 4.86. The highest BCUT2D eigenvalue weighted by molar-refractivity contribution is 5.05. The lowest BCUT2D eigenvalue weighted by atomic mass is 9.80. The third-order valence-electron chi connectivity index (χ3n) is 5.48. The van der Waals surface area contributed by atoms with Crippen LogP contribution in [0.25, 0.3) is 0 Å². The molecule has 118 valence electrons. The van der Waals surface area contributed by atoms with Crippen LogP contribution in [-0.4, -0.2) is 36.1 Å². The monoisotopic (exact) mass is 280 g/mol. The fourth-order valence-electron chi connectivity index (χ4n) is 4.07. The maximum Gasteiger partial charge on any atom is 0.0309 e. The quantitative estimate of drug-likeness (QED) is 0.821. The average molecular weight is 280 g/mol. The molecule has 0 bridgehead atoms. The lowest BCUT2D eigenvalue weighted by molar-refractivity contribution is 0.0107. The van der Waals surface area contributed by atoms with E-state index in [1.54, 1.807) is 0 Å². The first kappa shape index (κ1) is 16.3. The molecule has 0 aromatic carbocycles. The van der Waals surface area contributed by atoms with Gasteiger partial charge in [-0.25, -0.2) is 0 Å². The van der Waals surface area contributed by atoms with Gasteiger partial charge >= 0.3 is 0 Å². The first-order valence-electron chi connectivity index (χ1n) is 8.75. The van der Waals surface area contributed by atoms with E-state index in [0.717, 1.165) is 18.4 Å². The molecular formula is C18H36N2. The molecule has 0 radical (unpaired) electrons. The van der Waals surface area contributed by atoms with Gasteiger partial charge in [-0.05, 0) is 43.4 Å². The van der Waals surface area contributed by atoms with Gasteiger partial charge < -0.3 is 5.32 Å². The summed E-state index contributed by atoms with van der Waals surface area (Å²) in [6, 6.07) is 0.675. The SMILES string of the molecule is CCCC(C)CN1CC(C)(C2CC2)NCC1C(C)(C)C. The van der Waals surface area contributed by atoms with Crippen LogP contribution in [0.3, 0.4) is 0 Å². The molecule has 2 aliphatic rings. The standard InChI is InChI=1S/C18H36N2/c1-7-8-14(2)12-20-13-18(6,15-9-10-15)19-11-16(20)17(3,4)5/h14-16,19H,7-13H2,1-6H3. The van der Waals surface area contributed by atoms with Crippen molar-refractivity contribution >= 4 is 0 Å². The van der Waals surface area contributed by atoms with Crippen molar-refractivity contribution in [3.8, 4) is 0 Å². The molecule has 1 heterocycles. The van der Waals surface area contributed by atoms with E-state index in [-0.39, 0.29) is 0 Å². The van der Waals surface area contributed by atoms with Crippen LogP contribution in [0.4, 0.5) is 0 Å². The van der Waals surface area contributed by atoms with Gasteiger partial charge in [-0.1, -0.05) is 41.0 Å². The average Bonchev–Trinajstić information content (AvgIpc) is 3.11. The second kappa shape index (κ2) is 5.96. The van der Waals surface area contributed by atoms with Gasteiger partial charge in [-0.2, -0.15) is 0 Å². The highest BCUT2D eigenvalue weighted by Crippen LogP contribution is 2.42. The lowest BCUT2D eigenvalue weighted by Gasteiger charge is -2.51. The van der Waals surface area contributed by atoms with E-state index in [4.69, 9.17) is 0 Å². The summed E-state index contributed by atoms with van der Waals surface area (Å²) in [5, 5.41) is 3.91. The molecule has 1 saturated heterocycles. The van der Waals surface area contributed by atoms with Crippen molar-refractivity contribution in [2.24, 2.45) is 17.3 Å². The van der Waals surface area contributed by atoms with E-state index in [1.165, 1.54) is 38.8 Å². The first-order chi connectivity index (χ1) is 9.26. The summed E-state index contributed by atoms with van der Waals surface area (Å²) in [6.07, 6.45) is 5.54. The summed E-state index contributed by atoms with van der Waals surface area (Å²) < 4.78 is 0. The highest BCUT2D eigenvalue weighted by atomic mass is 15.3. The summed E-state index contributed by atoms with van der Waals surface area (Å²) in [7, 11) is 0. The van der Waals surface area contributed by atoms with Crippen LogP contribution in [-0.2, 0) is 0 Å². The third kappa shape index (κ3) is 3.76. The molecule has 1 aliphatic heterocycles. The second-order valence-electron chi connectivity index (χ2n) is 8.78. The Morgan fingerprint density at radius 1 is 1.30 bits per heavy atom. The Labute approximate surface area is 126 Å². The van der Waals surface area contributed by atoms with Crippen molar-refractivity contribution in [3.05, 3.63) is 0 Å². The highest BCUT2D eigenvalue weighted by Gasteiger charge is 2.47. The number of hydrogen-bond donors (Lipinski definition) is 1. The summed E-state index contributed by atoms with van der Waals surface area (Å²) in [6.45, 7) is 18.1. The number of rotatable bonds is 5. The van der Waals surface area contributed by atoms with Crippen molar-refractivity contribution in [1.29, 1.82) is 0 Å². The molecule has 0 spiro atoms. The van der Waals surface area contributed by atoms with Crippen LogP contribution in [0.1, 0.15) is 67.2 Å². The zero-order valence-electron chi connectivity index (χ0n) is 14.6. The molecule has 3 unspecified atom stereocenters. The van der Waals surface area contributed by atoms with E-state index >= 15 is 0 Å². The molecule has 2 nitrogen and oxygen atoms in total. The van der Waals surface area contributed by atoms with E-state index in [2.05, 4.69) is 51.8 Å². The summed E-state index contributed by atoms with van der Waals surface area (Å²) in [5.74, 6) is 1.75. The van der Waals surface area contributed by atoms with Crippen LogP contribution in [0, 0.1) is 17.3 Å². The number of nitrogens with one attached hydrogen (secondary N) is 1. The van der Waals surface area contributed by atoms with Crippen molar-refractivity contribution in [2.75, 3.05) is 19.6 Å². The Morgan fingerprint density at radius 3 is 2.45 bits per heavy atom. The fraction of sp³-hybridized carbons (Fsp3) is 1.00. The molecule has 2 rings (SSSR count). The van der Waals surface area contributed by atoms with Gasteiger partial charge in [-0.15, -0.1) is 0 Å². The van der Waals surface area contributed by atoms with Gasteiger partial charge in [0.25, 0.3) is 0 Å². The van der Waals surface area contributed by atoms with Crippen molar-refractivity contribution in [1.82, 2.24) is 10.2 Å². The van der Waals surface area contributed by atoms with Crippen LogP contribution in [0.5, 0.6) is 0 Å². The molecule has 0 amide bonds. The molecular weight excluding hydrogens is 244 g/mol. The normalized spacial score (nSPS) is 34.2. The molecule has 0 aromatic heterocycles. The molecule has 2 heteroatoms. The molecule has 1 saturated carbocycles. The summed E-state index contributed by atoms with van der Waals surface area (Å²) >= 11 is 0. The van der Waals surface area contributed by atoms with Crippen molar-refractivity contribution in [3.63, 3.8) is 0 Å². The van der Waals surface area contributed by atoms with E-state index in [1.807, 2.05) is 0 Å². The Morgan fingerprint density at radius 2 is 1.95 bits per heavy atom. The third-order valence-corrected chi connectivity index (χ3v) is 5.48. The topological polar surface area (TPSA) is 15.3 Å². The molecule has 20 heavy (non-hydrogen) atoms. The zero-order chi connectivity index (χ0) is 15.0. The minimum absolute atomic E-state index is 0.365. The minimum atomic E-state index is 0.365. The van der Waals surface area contributed by atoms with Crippen LogP contribution in [0.15, 0.2) is 0 Å². The maximum absolute atomic E-state index is 3.91. The molecule has 0 aromatic rings. The summed E-state index contributed by atoms with van der Waals surface area (Å²) in [4.78, 5) is 2.81. The largest absolute Gasteiger partial charge is 0.308 e. The smallest absolute Gasteiger partial charge is 0.0309 e. The first-order valence-corrected chi connectivity index (χ1v) is 8.75. The van der Waals surface area contributed by atoms with Crippen LogP contribution < -0.4 is 5.32 Å². The maximum atomic E-state index is 3.91. The predicted molar refractivity (Wildman–Crippen MR) is 88.0 cm³/mol. The Hall–Kier alpha value is -0.0800. The van der Waals surface area contributed by atoms with Gasteiger partial charge in [0.15, 0.2) is 0 Å². The van der Waals surface area contributed by atoms with Gasteiger partial charge in [-0.3, -0.25) is 4.90 Å². The Balaban J connectivity index is 2.06. The number of hydrogen-bond acceptors (Lipinski definition) is 2. The van der Waals surface area contributed by atoms with Crippen LogP contribution >= 0.6 is 0 Å². The van der Waals surface area contributed by atoms with Crippen LogP contribution in [0.2, 0.25) is 0 Å². The van der Waals surface area contributed by atoms with Gasteiger partial charge in [0.2, 0.25) is 0 Å². The predicted octanol–water partition coefficient (Wildman–Crippen LogP) is 3.91. The zero-order valence-corrected chi connectivity index (χ0v) is 14.6. The van der Waals surface area contributed by atoms with E-state index in [9.17, 15) is 0 Å². The van der Waals surface area contributed by atoms with Gasteiger partial charge in [0.1, 0.15) is 0 Å². The molecule has 1 aliphatic carbocycles. The number of piperazine rings is 1. The fourth-order valence-corrected chi connectivity index (χ4v) is 4.07. The Bertz CT molecular complexity index is 316. The van der Waals surface area contributed by atoms with E-state index in [0.29, 0.717) is 17.0 Å². The van der Waals surface area contributed by atoms with Crippen molar-refractivity contribution in [2.45, 2.75) is 78.8 Å². The second-order valence-corrected chi connectivity index (χ2v) is 8.78. The van der Waals surface area contributed by atoms with Gasteiger partial charge in [0, 0.05) is 31.2 Å². The van der Waals surface area contributed by atoms with E-state index < -0.39 is 0 Å². The van der Waals surface area contributed by atoms with Crippen molar-refractivity contribution < 1.29 is 0 Å². The molecule has 3 atom stereocenters. The lowest BCUT2D eigenvalue weighted by Crippen LogP contribution is -2.67.